The van der Waals surface area contributed by atoms with E-state index in [1.54, 1.807) is 19.1 Å². The highest BCUT2D eigenvalue weighted by Gasteiger charge is 2.11. The number of hydrogen-bond acceptors (Lipinski definition) is 2. The quantitative estimate of drug-likeness (QED) is 0.861. The molecule has 0 unspecified atom stereocenters. The summed E-state index contributed by atoms with van der Waals surface area (Å²) in [6.07, 6.45) is 0.536. The second kappa shape index (κ2) is 5.57. The topological polar surface area (TPSA) is 49.4 Å². The number of nitrogens with zero attached hydrogens (tertiary/aromatic N) is 1. The molecule has 96 valence electrons. The fourth-order valence-electron chi connectivity index (χ4n) is 1.32. The van der Waals surface area contributed by atoms with Crippen molar-refractivity contribution >= 4 is 10.2 Å². The van der Waals surface area contributed by atoms with Crippen molar-refractivity contribution in [3.63, 3.8) is 0 Å². The number of halogens is 1. The molecule has 0 atom stereocenters. The van der Waals surface area contributed by atoms with Crippen LogP contribution in [0.25, 0.3) is 0 Å². The number of hydrogen-bond donors (Lipinski definition) is 1. The maximum absolute atomic E-state index is 13.0. The lowest BCUT2D eigenvalue weighted by Gasteiger charge is -2.12. The number of rotatable bonds is 5. The van der Waals surface area contributed by atoms with E-state index in [0.29, 0.717) is 18.5 Å². The molecule has 0 aromatic heterocycles. The molecule has 0 aliphatic rings. The van der Waals surface area contributed by atoms with Crippen LogP contribution < -0.4 is 4.72 Å². The van der Waals surface area contributed by atoms with E-state index in [0.717, 1.165) is 9.87 Å². The molecular weight excluding hydrogens is 243 g/mol. The fraction of sp³-hybridized carbons (Fsp3) is 0.455. The van der Waals surface area contributed by atoms with Gasteiger partial charge >= 0.3 is 0 Å². The molecule has 0 aliphatic heterocycles. The zero-order valence-corrected chi connectivity index (χ0v) is 11.0. The predicted molar refractivity (Wildman–Crippen MR) is 65.5 cm³/mol. The molecule has 1 rings (SSSR count). The Balaban J connectivity index is 2.55. The summed E-state index contributed by atoms with van der Waals surface area (Å²) in [6, 6.07) is 4.77. The lowest BCUT2D eigenvalue weighted by Crippen LogP contribution is -2.36. The van der Waals surface area contributed by atoms with Gasteiger partial charge in [0.1, 0.15) is 5.82 Å². The van der Waals surface area contributed by atoms with E-state index in [-0.39, 0.29) is 5.82 Å². The van der Waals surface area contributed by atoms with Gasteiger partial charge in [-0.3, -0.25) is 0 Å². The molecule has 17 heavy (non-hydrogen) atoms. The van der Waals surface area contributed by atoms with E-state index >= 15 is 0 Å². The molecule has 0 heterocycles. The van der Waals surface area contributed by atoms with Crippen molar-refractivity contribution in [3.8, 4) is 0 Å². The highest BCUT2D eigenvalue weighted by atomic mass is 32.2. The van der Waals surface area contributed by atoms with Gasteiger partial charge in [-0.05, 0) is 30.5 Å². The molecule has 0 aliphatic carbocycles. The van der Waals surface area contributed by atoms with E-state index in [2.05, 4.69) is 4.72 Å². The van der Waals surface area contributed by atoms with E-state index < -0.39 is 10.2 Å². The Morgan fingerprint density at radius 1 is 1.35 bits per heavy atom. The van der Waals surface area contributed by atoms with Crippen molar-refractivity contribution in [1.82, 2.24) is 9.03 Å². The molecule has 1 N–H and O–H groups in total. The first kappa shape index (κ1) is 14.1. The predicted octanol–water partition coefficient (Wildman–Crippen LogP) is 1.07. The Morgan fingerprint density at radius 3 is 2.53 bits per heavy atom. The van der Waals surface area contributed by atoms with Gasteiger partial charge in [0.05, 0.1) is 0 Å². The summed E-state index contributed by atoms with van der Waals surface area (Å²) in [7, 11) is -0.452. The van der Waals surface area contributed by atoms with E-state index in [4.69, 9.17) is 0 Å². The van der Waals surface area contributed by atoms with Crippen LogP contribution in [0.4, 0.5) is 4.39 Å². The van der Waals surface area contributed by atoms with Crippen molar-refractivity contribution in [2.45, 2.75) is 13.3 Å². The van der Waals surface area contributed by atoms with Crippen LogP contribution in [-0.2, 0) is 16.6 Å². The van der Waals surface area contributed by atoms with E-state index in [1.165, 1.54) is 20.2 Å². The summed E-state index contributed by atoms with van der Waals surface area (Å²) >= 11 is 0. The van der Waals surface area contributed by atoms with Crippen molar-refractivity contribution in [1.29, 1.82) is 0 Å². The average molecular weight is 260 g/mol. The number of aryl methyl sites for hydroxylation is 1. The molecule has 0 fully saturated rings. The van der Waals surface area contributed by atoms with Gasteiger partial charge in [0, 0.05) is 20.6 Å². The highest BCUT2D eigenvalue weighted by Crippen LogP contribution is 2.09. The van der Waals surface area contributed by atoms with E-state index in [1.807, 2.05) is 0 Å². The molecule has 0 spiro atoms. The van der Waals surface area contributed by atoms with Crippen LogP contribution in [0.5, 0.6) is 0 Å². The molecule has 6 heteroatoms. The minimum Gasteiger partial charge on any atom is -0.207 e. The minimum absolute atomic E-state index is 0.248. The molecule has 1 aromatic rings. The molecule has 0 saturated carbocycles. The van der Waals surface area contributed by atoms with Gasteiger partial charge in [0.2, 0.25) is 0 Å². The maximum atomic E-state index is 13.0. The standard InChI is InChI=1S/C11H17FN2O2S/c1-9-8-10(4-5-11(9)12)6-7-13-17(15,16)14(2)3/h4-5,8,13H,6-7H2,1-3H3. The van der Waals surface area contributed by atoms with Crippen molar-refractivity contribution in [2.24, 2.45) is 0 Å². The van der Waals surface area contributed by atoms with Crippen molar-refractivity contribution < 1.29 is 12.8 Å². The zero-order chi connectivity index (χ0) is 13.1. The Morgan fingerprint density at radius 2 is 2.00 bits per heavy atom. The summed E-state index contributed by atoms with van der Waals surface area (Å²) in [5, 5.41) is 0. The van der Waals surface area contributed by atoms with E-state index in [9.17, 15) is 12.8 Å². The maximum Gasteiger partial charge on any atom is 0.278 e. The van der Waals surface area contributed by atoms with Crippen LogP contribution in [0.1, 0.15) is 11.1 Å². The monoisotopic (exact) mass is 260 g/mol. The molecule has 0 amide bonds. The van der Waals surface area contributed by atoms with Gasteiger partial charge < -0.3 is 0 Å². The van der Waals surface area contributed by atoms with Crippen LogP contribution >= 0.6 is 0 Å². The Bertz CT molecular complexity index is 486. The smallest absolute Gasteiger partial charge is 0.207 e. The van der Waals surface area contributed by atoms with Gasteiger partial charge in [0.25, 0.3) is 10.2 Å². The second-order valence-electron chi connectivity index (χ2n) is 4.02. The Kier molecular flexibility index (Phi) is 4.62. The minimum atomic E-state index is -3.38. The first-order valence-electron chi connectivity index (χ1n) is 5.25. The van der Waals surface area contributed by atoms with Crippen LogP contribution in [0.2, 0.25) is 0 Å². The normalized spacial score (nSPS) is 12.1. The summed E-state index contributed by atoms with van der Waals surface area (Å²) in [4.78, 5) is 0. The van der Waals surface area contributed by atoms with Crippen molar-refractivity contribution in [3.05, 3.63) is 35.1 Å². The average Bonchev–Trinajstić information content (AvgIpc) is 2.23. The second-order valence-corrected chi connectivity index (χ2v) is 5.98. The SMILES string of the molecule is Cc1cc(CCNS(=O)(=O)N(C)C)ccc1F. The summed E-state index contributed by atoms with van der Waals surface area (Å²) in [5.41, 5.74) is 1.48. The van der Waals surface area contributed by atoms with Gasteiger partial charge in [-0.15, -0.1) is 0 Å². The fourth-order valence-corrected chi connectivity index (χ4v) is 1.93. The Labute approximate surface area is 102 Å². The molecule has 4 nitrogen and oxygen atoms in total. The third kappa shape index (κ3) is 4.07. The lowest BCUT2D eigenvalue weighted by atomic mass is 10.1. The molecule has 0 saturated heterocycles. The Hall–Kier alpha value is -0.980. The van der Waals surface area contributed by atoms with Gasteiger partial charge in [0.15, 0.2) is 0 Å². The molecule has 0 bridgehead atoms. The largest absolute Gasteiger partial charge is 0.278 e. The summed E-state index contributed by atoms with van der Waals surface area (Å²) in [6.45, 7) is 1.98. The summed E-state index contributed by atoms with van der Waals surface area (Å²) in [5.74, 6) is -0.248. The van der Waals surface area contributed by atoms with Crippen LogP contribution in [0.15, 0.2) is 18.2 Å². The first-order valence-corrected chi connectivity index (χ1v) is 6.69. The lowest BCUT2D eigenvalue weighted by molar-refractivity contribution is 0.506. The summed E-state index contributed by atoms with van der Waals surface area (Å²) < 4.78 is 39.3. The molecular formula is C11H17FN2O2S. The van der Waals surface area contributed by atoms with Gasteiger partial charge in [-0.25, -0.2) is 9.11 Å². The first-order chi connectivity index (χ1) is 7.83. The van der Waals surface area contributed by atoms with Crippen molar-refractivity contribution in [2.75, 3.05) is 20.6 Å². The highest BCUT2D eigenvalue weighted by molar-refractivity contribution is 7.87. The molecule has 0 radical (unpaired) electrons. The van der Waals surface area contributed by atoms with Crippen LogP contribution in [-0.4, -0.2) is 33.4 Å². The van der Waals surface area contributed by atoms with Gasteiger partial charge in [-0.2, -0.15) is 12.7 Å². The third-order valence-corrected chi connectivity index (χ3v) is 3.93. The van der Waals surface area contributed by atoms with Crippen LogP contribution in [0.3, 0.4) is 0 Å². The third-order valence-electron chi connectivity index (χ3n) is 2.40. The molecule has 1 aromatic carbocycles. The zero-order valence-electron chi connectivity index (χ0n) is 10.2. The van der Waals surface area contributed by atoms with Crippen LogP contribution in [0, 0.1) is 12.7 Å². The number of nitrogens with one attached hydrogen (secondary N) is 1. The number of benzene rings is 1. The van der Waals surface area contributed by atoms with Gasteiger partial charge in [-0.1, -0.05) is 12.1 Å².